The van der Waals surface area contributed by atoms with E-state index in [2.05, 4.69) is 48.6 Å². The molecule has 0 saturated carbocycles. The number of methoxy groups -OCH3 is 1. The lowest BCUT2D eigenvalue weighted by Crippen LogP contribution is -2.30. The highest BCUT2D eigenvalue weighted by atomic mass is 79.9. The van der Waals surface area contributed by atoms with Gasteiger partial charge in [0.2, 0.25) is 0 Å². The molecular formula is C11H24BrNO. The van der Waals surface area contributed by atoms with Gasteiger partial charge < -0.3 is 9.64 Å². The zero-order valence-corrected chi connectivity index (χ0v) is 11.7. The molecule has 0 N–H and O–H groups in total. The molecule has 0 saturated heterocycles. The van der Waals surface area contributed by atoms with Crippen LogP contribution in [0.15, 0.2) is 0 Å². The zero-order valence-electron chi connectivity index (χ0n) is 10.1. The van der Waals surface area contributed by atoms with Crippen LogP contribution in [0.25, 0.3) is 0 Å². The Morgan fingerprint density at radius 3 is 2.36 bits per heavy atom. The molecule has 0 aliphatic carbocycles. The Balaban J connectivity index is 3.59. The second kappa shape index (κ2) is 6.81. The highest BCUT2D eigenvalue weighted by Gasteiger charge is 2.13. The number of ether oxygens (including phenoxy) is 1. The maximum atomic E-state index is 5.08. The zero-order chi connectivity index (χ0) is 11.2. The van der Waals surface area contributed by atoms with Crippen molar-refractivity contribution < 1.29 is 4.74 Å². The van der Waals surface area contributed by atoms with Gasteiger partial charge in [-0.05, 0) is 25.4 Å². The molecule has 0 aliphatic rings. The van der Waals surface area contributed by atoms with Gasteiger partial charge in [-0.1, -0.05) is 36.7 Å². The largest absolute Gasteiger partial charge is 0.383 e. The number of nitrogens with zero attached hydrogens (tertiary/aromatic N) is 1. The number of alkyl halides is 1. The van der Waals surface area contributed by atoms with Gasteiger partial charge in [-0.15, -0.1) is 0 Å². The lowest BCUT2D eigenvalue weighted by molar-refractivity contribution is 0.181. The Bertz CT molecular complexity index is 145. The molecule has 0 spiro atoms. The van der Waals surface area contributed by atoms with Crippen LogP contribution in [0.1, 0.15) is 27.2 Å². The third-order valence-corrected chi connectivity index (χ3v) is 2.65. The van der Waals surface area contributed by atoms with E-state index in [4.69, 9.17) is 4.74 Å². The van der Waals surface area contributed by atoms with Crippen molar-refractivity contribution in [2.75, 3.05) is 33.9 Å². The Kier molecular flexibility index (Phi) is 7.00. The van der Waals surface area contributed by atoms with Crippen LogP contribution in [0.4, 0.5) is 0 Å². The lowest BCUT2D eigenvalue weighted by Gasteiger charge is -2.24. The summed E-state index contributed by atoms with van der Waals surface area (Å²) in [4.78, 5) is 2.79. The van der Waals surface area contributed by atoms with Crippen LogP contribution in [0, 0.1) is 5.41 Å². The molecule has 3 heteroatoms. The third kappa shape index (κ3) is 8.97. The van der Waals surface area contributed by atoms with E-state index < -0.39 is 0 Å². The standard InChI is InChI=1S/C11H24BrNO/c1-11(2,3)6-7-13(4)8-10(12)9-14-5/h10H,6-9H2,1-5H3. The minimum Gasteiger partial charge on any atom is -0.383 e. The fourth-order valence-electron chi connectivity index (χ4n) is 1.19. The molecule has 0 aromatic heterocycles. The average Bonchev–Trinajstić information content (AvgIpc) is 2.00. The Hall–Kier alpha value is 0.400. The number of halogens is 1. The van der Waals surface area contributed by atoms with E-state index >= 15 is 0 Å². The van der Waals surface area contributed by atoms with Gasteiger partial charge in [0.15, 0.2) is 0 Å². The molecule has 0 aromatic carbocycles. The van der Waals surface area contributed by atoms with E-state index in [-0.39, 0.29) is 0 Å². The highest BCUT2D eigenvalue weighted by Crippen LogP contribution is 2.18. The molecule has 0 bridgehead atoms. The second-order valence-electron chi connectivity index (χ2n) is 5.13. The first kappa shape index (κ1) is 14.4. The van der Waals surface area contributed by atoms with Crippen molar-refractivity contribution in [3.63, 3.8) is 0 Å². The molecule has 0 fully saturated rings. The second-order valence-corrected chi connectivity index (χ2v) is 6.42. The predicted molar refractivity (Wildman–Crippen MR) is 66.2 cm³/mol. The van der Waals surface area contributed by atoms with Gasteiger partial charge >= 0.3 is 0 Å². The van der Waals surface area contributed by atoms with Gasteiger partial charge in [0, 0.05) is 13.7 Å². The molecule has 0 radical (unpaired) electrons. The summed E-state index contributed by atoms with van der Waals surface area (Å²) >= 11 is 3.59. The van der Waals surface area contributed by atoms with E-state index in [0.29, 0.717) is 10.2 Å². The first-order valence-corrected chi connectivity index (χ1v) is 6.08. The molecule has 0 aliphatic heterocycles. The lowest BCUT2D eigenvalue weighted by atomic mass is 9.92. The van der Waals surface area contributed by atoms with Crippen molar-refractivity contribution in [3.05, 3.63) is 0 Å². The summed E-state index contributed by atoms with van der Waals surface area (Å²) in [6, 6.07) is 0. The molecule has 1 unspecified atom stereocenters. The van der Waals surface area contributed by atoms with Gasteiger partial charge in [0.05, 0.1) is 11.4 Å². The van der Waals surface area contributed by atoms with E-state index in [0.717, 1.165) is 19.7 Å². The molecule has 0 rings (SSSR count). The van der Waals surface area contributed by atoms with Crippen LogP contribution in [-0.2, 0) is 4.74 Å². The Morgan fingerprint density at radius 1 is 1.36 bits per heavy atom. The summed E-state index contributed by atoms with van der Waals surface area (Å²) in [7, 11) is 3.90. The van der Waals surface area contributed by atoms with Crippen LogP contribution in [0.2, 0.25) is 0 Å². The van der Waals surface area contributed by atoms with Gasteiger partial charge in [0.25, 0.3) is 0 Å². The van der Waals surface area contributed by atoms with Crippen molar-refractivity contribution in [3.8, 4) is 0 Å². The maximum Gasteiger partial charge on any atom is 0.0600 e. The first-order chi connectivity index (χ1) is 6.35. The molecule has 2 nitrogen and oxygen atoms in total. The predicted octanol–water partition coefficient (Wildman–Crippen LogP) is 2.76. The molecule has 0 amide bonds. The molecule has 0 aromatic rings. The maximum absolute atomic E-state index is 5.08. The summed E-state index contributed by atoms with van der Waals surface area (Å²) in [5, 5.41) is 0. The van der Waals surface area contributed by atoms with Crippen LogP contribution in [0.3, 0.4) is 0 Å². The first-order valence-electron chi connectivity index (χ1n) is 5.16. The summed E-state index contributed by atoms with van der Waals surface area (Å²) < 4.78 is 5.08. The normalized spacial score (nSPS) is 14.8. The Labute approximate surface area is 97.1 Å². The smallest absolute Gasteiger partial charge is 0.0600 e. The summed E-state index contributed by atoms with van der Waals surface area (Å²) in [5.41, 5.74) is 0.428. The molecule has 14 heavy (non-hydrogen) atoms. The Morgan fingerprint density at radius 2 is 1.93 bits per heavy atom. The highest BCUT2D eigenvalue weighted by molar-refractivity contribution is 9.09. The van der Waals surface area contributed by atoms with E-state index in [9.17, 15) is 0 Å². The van der Waals surface area contributed by atoms with Crippen molar-refractivity contribution in [1.29, 1.82) is 0 Å². The van der Waals surface area contributed by atoms with Gasteiger partial charge in [0.1, 0.15) is 0 Å². The topological polar surface area (TPSA) is 12.5 Å². The van der Waals surface area contributed by atoms with Crippen molar-refractivity contribution >= 4 is 15.9 Å². The van der Waals surface area contributed by atoms with Crippen LogP contribution >= 0.6 is 15.9 Å². The van der Waals surface area contributed by atoms with Gasteiger partial charge in [-0.2, -0.15) is 0 Å². The van der Waals surface area contributed by atoms with Crippen molar-refractivity contribution in [2.45, 2.75) is 32.0 Å². The van der Waals surface area contributed by atoms with Crippen LogP contribution < -0.4 is 0 Å². The summed E-state index contributed by atoms with van der Waals surface area (Å²) in [5.74, 6) is 0. The molecular weight excluding hydrogens is 242 g/mol. The molecule has 0 heterocycles. The summed E-state index contributed by atoms with van der Waals surface area (Å²) in [6.07, 6.45) is 1.23. The summed E-state index contributed by atoms with van der Waals surface area (Å²) in [6.45, 7) is 9.81. The quantitative estimate of drug-likeness (QED) is 0.685. The fourth-order valence-corrected chi connectivity index (χ4v) is 1.95. The van der Waals surface area contributed by atoms with Crippen molar-refractivity contribution in [2.24, 2.45) is 5.41 Å². The monoisotopic (exact) mass is 265 g/mol. The molecule has 1 atom stereocenters. The van der Waals surface area contributed by atoms with E-state index in [1.165, 1.54) is 6.42 Å². The van der Waals surface area contributed by atoms with Gasteiger partial charge in [-0.3, -0.25) is 0 Å². The SMILES string of the molecule is COCC(Br)CN(C)CCC(C)(C)C. The fraction of sp³-hybridized carbons (Fsp3) is 1.00. The minimum absolute atomic E-state index is 0.428. The van der Waals surface area contributed by atoms with Crippen molar-refractivity contribution in [1.82, 2.24) is 4.90 Å². The van der Waals surface area contributed by atoms with Gasteiger partial charge in [-0.25, -0.2) is 0 Å². The third-order valence-electron chi connectivity index (χ3n) is 2.10. The number of hydrogen-bond donors (Lipinski definition) is 0. The van der Waals surface area contributed by atoms with Crippen LogP contribution in [0.5, 0.6) is 0 Å². The van der Waals surface area contributed by atoms with E-state index in [1.807, 2.05) is 0 Å². The minimum atomic E-state index is 0.428. The number of rotatable bonds is 6. The van der Waals surface area contributed by atoms with E-state index in [1.54, 1.807) is 7.11 Å². The molecule has 86 valence electrons. The average molecular weight is 266 g/mol. The number of hydrogen-bond acceptors (Lipinski definition) is 2. The van der Waals surface area contributed by atoms with Crippen LogP contribution in [-0.4, -0.2) is 43.6 Å².